The maximum atomic E-state index is 12.2. The lowest BCUT2D eigenvalue weighted by atomic mass is 9.95. The minimum absolute atomic E-state index is 0.0127. The Kier molecular flexibility index (Phi) is 3.08. The van der Waals surface area contributed by atoms with Crippen LogP contribution in [0.1, 0.15) is 27.9 Å². The normalized spacial score (nSPS) is 22.6. The molecule has 0 bridgehead atoms. The first kappa shape index (κ1) is 12.3. The van der Waals surface area contributed by atoms with Gasteiger partial charge in [-0.25, -0.2) is 8.42 Å². The first-order valence-corrected chi connectivity index (χ1v) is 7.52. The molecule has 1 atom stereocenters. The predicted octanol–water partition coefficient (Wildman–Crippen LogP) is 1.92. The molecule has 0 radical (unpaired) electrons. The van der Waals surface area contributed by atoms with E-state index in [9.17, 15) is 13.2 Å². The highest BCUT2D eigenvalue weighted by Crippen LogP contribution is 2.23. The van der Waals surface area contributed by atoms with Crippen LogP contribution in [-0.4, -0.2) is 25.7 Å². The molecule has 0 spiro atoms. The maximum absolute atomic E-state index is 12.2. The summed E-state index contributed by atoms with van der Waals surface area (Å²) in [4.78, 5) is 12.2. The smallest absolute Gasteiger partial charge is 0.167 e. The third-order valence-corrected chi connectivity index (χ3v) is 4.88. The summed E-state index contributed by atoms with van der Waals surface area (Å²) >= 11 is 0. The number of rotatable bonds is 2. The van der Waals surface area contributed by atoms with Crippen LogP contribution in [0.5, 0.6) is 0 Å². The van der Waals surface area contributed by atoms with Crippen LogP contribution >= 0.6 is 0 Å². The SMILES string of the molecule is Cc1cc(C)cc(C(=O)C2CCS(=O)(=O)C2)c1. The number of Topliss-reactive ketones (excluding diaryl/α,β-unsaturated/α-hetero) is 1. The van der Waals surface area contributed by atoms with Gasteiger partial charge in [0.1, 0.15) is 0 Å². The largest absolute Gasteiger partial charge is 0.294 e. The number of benzene rings is 1. The third kappa shape index (κ3) is 2.75. The van der Waals surface area contributed by atoms with Gasteiger partial charge in [0.2, 0.25) is 0 Å². The lowest BCUT2D eigenvalue weighted by Crippen LogP contribution is -2.16. The fourth-order valence-electron chi connectivity index (χ4n) is 2.35. The van der Waals surface area contributed by atoms with Crippen LogP contribution < -0.4 is 0 Å². The number of hydrogen-bond acceptors (Lipinski definition) is 3. The molecular weight excluding hydrogens is 236 g/mol. The Hall–Kier alpha value is -1.16. The van der Waals surface area contributed by atoms with Crippen molar-refractivity contribution in [2.75, 3.05) is 11.5 Å². The Morgan fingerprint density at radius 1 is 1.18 bits per heavy atom. The summed E-state index contributed by atoms with van der Waals surface area (Å²) in [7, 11) is -2.99. The maximum Gasteiger partial charge on any atom is 0.167 e. The number of carbonyl (C=O) groups is 1. The quantitative estimate of drug-likeness (QED) is 0.756. The molecule has 2 rings (SSSR count). The van der Waals surface area contributed by atoms with Crippen molar-refractivity contribution >= 4 is 15.6 Å². The van der Waals surface area contributed by atoms with Gasteiger partial charge >= 0.3 is 0 Å². The summed E-state index contributed by atoms with van der Waals surface area (Å²) in [5, 5.41) is 0. The Bertz CT molecular complexity index is 538. The number of carbonyl (C=O) groups excluding carboxylic acids is 1. The number of hydrogen-bond donors (Lipinski definition) is 0. The summed E-state index contributed by atoms with van der Waals surface area (Å²) in [6.45, 7) is 3.88. The van der Waals surface area contributed by atoms with Gasteiger partial charge in [0.25, 0.3) is 0 Å². The lowest BCUT2D eigenvalue weighted by molar-refractivity contribution is 0.0933. The zero-order valence-electron chi connectivity index (χ0n) is 10.1. The van der Waals surface area contributed by atoms with Gasteiger partial charge in [0.15, 0.2) is 15.6 Å². The number of ketones is 1. The fourth-order valence-corrected chi connectivity index (χ4v) is 4.10. The molecular formula is C13H16O3S. The first-order valence-electron chi connectivity index (χ1n) is 5.70. The zero-order chi connectivity index (χ0) is 12.6. The summed E-state index contributed by atoms with van der Waals surface area (Å²) in [5.74, 6) is -0.216. The Labute approximate surface area is 102 Å². The van der Waals surface area contributed by atoms with Crippen LogP contribution in [0.2, 0.25) is 0 Å². The molecule has 1 aliphatic heterocycles. The van der Waals surface area contributed by atoms with Crippen molar-refractivity contribution < 1.29 is 13.2 Å². The van der Waals surface area contributed by atoms with Crippen molar-refractivity contribution in [3.63, 3.8) is 0 Å². The van der Waals surface area contributed by atoms with E-state index in [1.165, 1.54) is 0 Å². The predicted molar refractivity (Wildman–Crippen MR) is 67.0 cm³/mol. The van der Waals surface area contributed by atoms with Crippen molar-refractivity contribution in [2.24, 2.45) is 5.92 Å². The summed E-state index contributed by atoms with van der Waals surface area (Å²) in [6.07, 6.45) is 0.466. The van der Waals surface area contributed by atoms with Gasteiger partial charge in [0.05, 0.1) is 11.5 Å². The molecule has 0 saturated carbocycles. The van der Waals surface area contributed by atoms with Crippen LogP contribution in [0.3, 0.4) is 0 Å². The van der Waals surface area contributed by atoms with Crippen LogP contribution in [0.4, 0.5) is 0 Å². The molecule has 17 heavy (non-hydrogen) atoms. The van der Waals surface area contributed by atoms with E-state index in [1.807, 2.05) is 32.0 Å². The van der Waals surface area contributed by atoms with Gasteiger partial charge in [-0.15, -0.1) is 0 Å². The van der Waals surface area contributed by atoms with E-state index in [0.29, 0.717) is 12.0 Å². The van der Waals surface area contributed by atoms with Crippen LogP contribution in [0.15, 0.2) is 18.2 Å². The van der Waals surface area contributed by atoms with Gasteiger partial charge in [-0.05, 0) is 32.4 Å². The van der Waals surface area contributed by atoms with Crippen molar-refractivity contribution in [1.29, 1.82) is 0 Å². The van der Waals surface area contributed by atoms with Gasteiger partial charge in [-0.3, -0.25) is 4.79 Å². The fraction of sp³-hybridized carbons (Fsp3) is 0.462. The van der Waals surface area contributed by atoms with Crippen molar-refractivity contribution in [3.8, 4) is 0 Å². The second kappa shape index (κ2) is 4.26. The Balaban J connectivity index is 2.26. The van der Waals surface area contributed by atoms with E-state index >= 15 is 0 Å². The van der Waals surface area contributed by atoms with Gasteiger partial charge < -0.3 is 0 Å². The number of sulfone groups is 1. The molecule has 92 valence electrons. The summed E-state index contributed by atoms with van der Waals surface area (Å²) < 4.78 is 22.7. The third-order valence-electron chi connectivity index (χ3n) is 3.11. The second-order valence-electron chi connectivity index (χ2n) is 4.84. The van der Waals surface area contributed by atoms with E-state index in [2.05, 4.69) is 0 Å². The van der Waals surface area contributed by atoms with Crippen LogP contribution in [0, 0.1) is 19.8 Å². The molecule has 3 nitrogen and oxygen atoms in total. The molecule has 1 aromatic carbocycles. The molecule has 0 aromatic heterocycles. The van der Waals surface area contributed by atoms with E-state index in [0.717, 1.165) is 11.1 Å². The summed E-state index contributed by atoms with van der Waals surface area (Å²) in [5.41, 5.74) is 2.72. The highest BCUT2D eigenvalue weighted by molar-refractivity contribution is 7.91. The average Bonchev–Trinajstić information content (AvgIpc) is 2.56. The molecule has 0 N–H and O–H groups in total. The molecule has 1 saturated heterocycles. The minimum atomic E-state index is -2.99. The van der Waals surface area contributed by atoms with Gasteiger partial charge in [-0.1, -0.05) is 17.2 Å². The molecule has 1 aliphatic rings. The van der Waals surface area contributed by atoms with Crippen molar-refractivity contribution in [3.05, 3.63) is 34.9 Å². The zero-order valence-corrected chi connectivity index (χ0v) is 10.9. The molecule has 1 aromatic rings. The molecule has 0 amide bonds. The Morgan fingerprint density at radius 3 is 2.24 bits per heavy atom. The first-order chi connectivity index (χ1) is 7.87. The highest BCUT2D eigenvalue weighted by atomic mass is 32.2. The Morgan fingerprint density at radius 2 is 1.76 bits per heavy atom. The molecule has 1 heterocycles. The molecule has 1 unspecified atom stereocenters. The summed E-state index contributed by atoms with van der Waals surface area (Å²) in [6, 6.07) is 5.67. The standard InChI is InChI=1S/C13H16O3S/c1-9-5-10(2)7-12(6-9)13(14)11-3-4-17(15,16)8-11/h5-7,11H,3-4,8H2,1-2H3. The topological polar surface area (TPSA) is 51.2 Å². The van der Waals surface area contributed by atoms with E-state index in [1.54, 1.807) is 0 Å². The van der Waals surface area contributed by atoms with Gasteiger partial charge in [0, 0.05) is 11.5 Å². The second-order valence-corrected chi connectivity index (χ2v) is 7.07. The van der Waals surface area contributed by atoms with Crippen LogP contribution in [0.25, 0.3) is 0 Å². The molecule has 1 fully saturated rings. The average molecular weight is 252 g/mol. The van der Waals surface area contributed by atoms with E-state index in [4.69, 9.17) is 0 Å². The minimum Gasteiger partial charge on any atom is -0.294 e. The lowest BCUT2D eigenvalue weighted by Gasteiger charge is -2.08. The number of aryl methyl sites for hydroxylation is 2. The van der Waals surface area contributed by atoms with Crippen molar-refractivity contribution in [1.82, 2.24) is 0 Å². The van der Waals surface area contributed by atoms with E-state index in [-0.39, 0.29) is 23.2 Å². The van der Waals surface area contributed by atoms with E-state index < -0.39 is 9.84 Å². The molecule has 0 aliphatic carbocycles. The van der Waals surface area contributed by atoms with Crippen molar-refractivity contribution in [2.45, 2.75) is 20.3 Å². The molecule has 4 heteroatoms. The van der Waals surface area contributed by atoms with Gasteiger partial charge in [-0.2, -0.15) is 0 Å². The van der Waals surface area contributed by atoms with Crippen LogP contribution in [-0.2, 0) is 9.84 Å². The monoisotopic (exact) mass is 252 g/mol. The highest BCUT2D eigenvalue weighted by Gasteiger charge is 2.33.